The summed E-state index contributed by atoms with van der Waals surface area (Å²) in [5.74, 6) is 3.93. The maximum atomic E-state index is 10.2. The van der Waals surface area contributed by atoms with Gasteiger partial charge in [-0.05, 0) is 117 Å². The third kappa shape index (κ3) is 3.54. The number of allylic oxidation sites excluding steroid dienone is 2. The molecular formula is C29H41NO. The molecular weight excluding hydrogens is 378 g/mol. The fraction of sp³-hybridized carbons (Fsp3) is 0.690. The lowest BCUT2D eigenvalue weighted by atomic mass is 9.47. The van der Waals surface area contributed by atoms with Crippen molar-refractivity contribution < 1.29 is 5.11 Å². The fourth-order valence-corrected chi connectivity index (χ4v) is 8.59. The van der Waals surface area contributed by atoms with Crippen LogP contribution in [0.3, 0.4) is 0 Å². The van der Waals surface area contributed by atoms with Crippen LogP contribution in [0.2, 0.25) is 0 Å². The highest BCUT2D eigenvalue weighted by molar-refractivity contribution is 5.45. The van der Waals surface area contributed by atoms with Crippen LogP contribution in [0.15, 0.2) is 35.9 Å². The van der Waals surface area contributed by atoms with Gasteiger partial charge < -0.3 is 5.11 Å². The van der Waals surface area contributed by atoms with Crippen molar-refractivity contribution in [2.45, 2.75) is 85.2 Å². The van der Waals surface area contributed by atoms with Crippen LogP contribution in [0.5, 0.6) is 0 Å². The first-order valence-corrected chi connectivity index (χ1v) is 12.8. The molecule has 2 nitrogen and oxygen atoms in total. The fourth-order valence-electron chi connectivity index (χ4n) is 8.59. The lowest BCUT2D eigenvalue weighted by Crippen LogP contribution is -2.50. The summed E-state index contributed by atoms with van der Waals surface area (Å²) in [4.78, 5) is 4.66. The van der Waals surface area contributed by atoms with E-state index in [0.29, 0.717) is 16.7 Å². The van der Waals surface area contributed by atoms with E-state index in [-0.39, 0.29) is 6.10 Å². The van der Waals surface area contributed by atoms with Gasteiger partial charge in [-0.1, -0.05) is 44.6 Å². The minimum atomic E-state index is -0.101. The van der Waals surface area contributed by atoms with Crippen molar-refractivity contribution in [3.05, 3.63) is 47.3 Å². The SMILES string of the molecule is Cc1cccc(/C=C/[C@@H](C)[C@H]2CC[C@H]3[C@@H]4CC=C5C[C@@H](O)CC[C@]5(C)[C@H]4CC[C@]23C)n1. The summed E-state index contributed by atoms with van der Waals surface area (Å²) in [7, 11) is 0. The van der Waals surface area contributed by atoms with Crippen LogP contribution in [-0.2, 0) is 0 Å². The summed E-state index contributed by atoms with van der Waals surface area (Å²) >= 11 is 0. The summed E-state index contributed by atoms with van der Waals surface area (Å²) < 4.78 is 0. The second kappa shape index (κ2) is 7.87. The Morgan fingerprint density at radius 3 is 2.74 bits per heavy atom. The third-order valence-electron chi connectivity index (χ3n) is 10.3. The normalized spacial score (nSPS) is 43.1. The first kappa shape index (κ1) is 21.4. The monoisotopic (exact) mass is 419 g/mol. The highest BCUT2D eigenvalue weighted by Crippen LogP contribution is 2.67. The van der Waals surface area contributed by atoms with Crippen molar-refractivity contribution in [2.24, 2.45) is 40.4 Å². The number of pyridine rings is 1. The molecule has 1 N–H and O–H groups in total. The summed E-state index contributed by atoms with van der Waals surface area (Å²) in [5.41, 5.74) is 4.60. The van der Waals surface area contributed by atoms with Crippen molar-refractivity contribution in [2.75, 3.05) is 0 Å². The molecule has 0 unspecified atom stereocenters. The van der Waals surface area contributed by atoms with Gasteiger partial charge in [-0.15, -0.1) is 0 Å². The second-order valence-corrected chi connectivity index (χ2v) is 11.8. The van der Waals surface area contributed by atoms with Crippen LogP contribution in [0.4, 0.5) is 0 Å². The van der Waals surface area contributed by atoms with E-state index >= 15 is 0 Å². The zero-order valence-corrected chi connectivity index (χ0v) is 20.0. The van der Waals surface area contributed by atoms with E-state index < -0.39 is 0 Å². The molecule has 0 aromatic carbocycles. The first-order chi connectivity index (χ1) is 14.8. The quantitative estimate of drug-likeness (QED) is 0.536. The van der Waals surface area contributed by atoms with Gasteiger partial charge in [0.25, 0.3) is 0 Å². The standard InChI is InChI=1S/C29H41NO/c1-19(8-10-22-7-5-6-20(2)30-22)25-12-13-26-24-11-9-21-18-23(31)14-16-28(21,3)27(24)15-17-29(25,26)4/h5-10,19,23-27,31H,11-18H2,1-4H3/b10-8+/t19-,23+,24+,25-,26+,27+,28+,29-/m1/s1. The number of aromatic nitrogens is 1. The van der Waals surface area contributed by atoms with Crippen molar-refractivity contribution >= 4 is 6.08 Å². The molecule has 0 spiro atoms. The van der Waals surface area contributed by atoms with Gasteiger partial charge in [-0.25, -0.2) is 0 Å². The second-order valence-electron chi connectivity index (χ2n) is 11.8. The van der Waals surface area contributed by atoms with Crippen LogP contribution in [0.1, 0.15) is 83.5 Å². The molecule has 5 rings (SSSR count). The molecule has 0 bridgehead atoms. The maximum absolute atomic E-state index is 10.2. The van der Waals surface area contributed by atoms with Crippen LogP contribution in [0, 0.1) is 47.3 Å². The molecule has 1 aromatic rings. The van der Waals surface area contributed by atoms with Crippen LogP contribution < -0.4 is 0 Å². The minimum Gasteiger partial charge on any atom is -0.393 e. The Balaban J connectivity index is 1.35. The lowest BCUT2D eigenvalue weighted by Gasteiger charge is -2.58. The molecule has 1 heterocycles. The van der Waals surface area contributed by atoms with E-state index in [9.17, 15) is 5.11 Å². The van der Waals surface area contributed by atoms with Crippen molar-refractivity contribution in [3.8, 4) is 0 Å². The van der Waals surface area contributed by atoms with Gasteiger partial charge in [0.15, 0.2) is 0 Å². The number of rotatable bonds is 3. The van der Waals surface area contributed by atoms with Crippen LogP contribution in [0.25, 0.3) is 6.08 Å². The molecule has 0 radical (unpaired) electrons. The highest BCUT2D eigenvalue weighted by Gasteiger charge is 2.58. The van der Waals surface area contributed by atoms with E-state index in [0.717, 1.165) is 47.9 Å². The number of aliphatic hydroxyl groups is 1. The van der Waals surface area contributed by atoms with Gasteiger partial charge in [0.2, 0.25) is 0 Å². The zero-order valence-electron chi connectivity index (χ0n) is 20.0. The molecule has 168 valence electrons. The van der Waals surface area contributed by atoms with Gasteiger partial charge in [-0.2, -0.15) is 0 Å². The molecule has 0 aliphatic heterocycles. The van der Waals surface area contributed by atoms with Crippen LogP contribution in [-0.4, -0.2) is 16.2 Å². The van der Waals surface area contributed by atoms with Crippen molar-refractivity contribution in [1.82, 2.24) is 4.98 Å². The highest BCUT2D eigenvalue weighted by atomic mass is 16.3. The molecule has 0 amide bonds. The Labute approximate surface area is 189 Å². The van der Waals surface area contributed by atoms with Crippen molar-refractivity contribution in [3.63, 3.8) is 0 Å². The smallest absolute Gasteiger partial charge is 0.0629 e. The minimum absolute atomic E-state index is 0.101. The Bertz CT molecular complexity index is 886. The number of aryl methyl sites for hydroxylation is 1. The van der Waals surface area contributed by atoms with E-state index in [4.69, 9.17) is 0 Å². The first-order valence-electron chi connectivity index (χ1n) is 12.8. The Hall–Kier alpha value is -1.41. The van der Waals surface area contributed by atoms with Gasteiger partial charge in [0.05, 0.1) is 11.8 Å². The Morgan fingerprint density at radius 2 is 1.94 bits per heavy atom. The molecule has 4 aliphatic rings. The Morgan fingerprint density at radius 1 is 1.10 bits per heavy atom. The lowest BCUT2D eigenvalue weighted by molar-refractivity contribution is -0.0540. The predicted octanol–water partition coefficient (Wildman–Crippen LogP) is 6.98. The number of nitrogens with zero attached hydrogens (tertiary/aromatic N) is 1. The predicted molar refractivity (Wildman–Crippen MR) is 128 cm³/mol. The van der Waals surface area contributed by atoms with Gasteiger partial charge in [0, 0.05) is 5.69 Å². The average molecular weight is 420 g/mol. The van der Waals surface area contributed by atoms with Gasteiger partial charge >= 0.3 is 0 Å². The molecule has 3 fully saturated rings. The maximum Gasteiger partial charge on any atom is 0.0629 e. The van der Waals surface area contributed by atoms with Gasteiger partial charge in [-0.3, -0.25) is 4.98 Å². The van der Waals surface area contributed by atoms with E-state index in [1.165, 1.54) is 38.5 Å². The van der Waals surface area contributed by atoms with E-state index in [2.05, 4.69) is 69.1 Å². The molecule has 1 aromatic heterocycles. The summed E-state index contributed by atoms with van der Waals surface area (Å²) in [6.45, 7) is 9.68. The van der Waals surface area contributed by atoms with Gasteiger partial charge in [0.1, 0.15) is 0 Å². The van der Waals surface area contributed by atoms with E-state index in [1.54, 1.807) is 5.57 Å². The number of aliphatic hydroxyl groups excluding tert-OH is 1. The molecule has 31 heavy (non-hydrogen) atoms. The molecule has 3 saturated carbocycles. The third-order valence-corrected chi connectivity index (χ3v) is 10.3. The average Bonchev–Trinajstić information content (AvgIpc) is 3.10. The largest absolute Gasteiger partial charge is 0.393 e. The topological polar surface area (TPSA) is 33.1 Å². The molecule has 4 aliphatic carbocycles. The summed E-state index contributed by atoms with van der Waals surface area (Å²) in [6.07, 6.45) is 17.1. The van der Waals surface area contributed by atoms with Crippen LogP contribution >= 0.6 is 0 Å². The molecule has 0 saturated heterocycles. The van der Waals surface area contributed by atoms with E-state index in [1.807, 2.05) is 0 Å². The number of fused-ring (bicyclic) bond motifs is 5. The number of hydrogen-bond donors (Lipinski definition) is 1. The Kier molecular flexibility index (Phi) is 5.44. The van der Waals surface area contributed by atoms with Crippen molar-refractivity contribution in [1.29, 1.82) is 0 Å². The molecule has 2 heteroatoms. The summed E-state index contributed by atoms with van der Waals surface area (Å²) in [6, 6.07) is 6.30. The zero-order chi connectivity index (χ0) is 21.8. The molecule has 8 atom stereocenters. The number of hydrogen-bond acceptors (Lipinski definition) is 2. The summed E-state index contributed by atoms with van der Waals surface area (Å²) in [5, 5.41) is 10.2.